The quantitative estimate of drug-likeness (QED) is 0.480. The number of hydrogen-bond donors (Lipinski definition) is 2. The van der Waals surface area contributed by atoms with Crippen LogP contribution in [0.3, 0.4) is 0 Å². The number of hydrogen-bond acceptors (Lipinski definition) is 4. The van der Waals surface area contributed by atoms with Gasteiger partial charge in [-0.1, -0.05) is 60.7 Å². The molecule has 1 aliphatic carbocycles. The predicted octanol–water partition coefficient (Wildman–Crippen LogP) is 3.88. The number of carboxylic acids is 1. The summed E-state index contributed by atoms with van der Waals surface area (Å²) >= 11 is 0. The Bertz CT molecular complexity index is 1050. The highest BCUT2D eigenvalue weighted by Crippen LogP contribution is 2.44. The number of nitrogens with two attached hydrogens (primary N) is 1. The average molecular weight is 405 g/mol. The largest absolute Gasteiger partial charge is 0.481 e. The van der Waals surface area contributed by atoms with E-state index in [9.17, 15) is 19.1 Å². The van der Waals surface area contributed by atoms with Gasteiger partial charge in [-0.05, 0) is 39.9 Å². The third-order valence-electron chi connectivity index (χ3n) is 5.49. The Morgan fingerprint density at radius 2 is 1.47 bits per heavy atom. The average Bonchev–Trinajstić information content (AvgIpc) is 3.06. The van der Waals surface area contributed by atoms with Crippen LogP contribution in [0.4, 0.5) is 4.39 Å². The summed E-state index contributed by atoms with van der Waals surface area (Å²) in [6, 6.07) is 19.7. The molecule has 0 aromatic heterocycles. The lowest BCUT2D eigenvalue weighted by atomic mass is 9.93. The summed E-state index contributed by atoms with van der Waals surface area (Å²) < 4.78 is 18.6. The Balaban J connectivity index is 1.54. The molecule has 0 saturated heterocycles. The molecule has 0 spiro atoms. The molecule has 0 bridgehead atoms. The molecule has 0 heterocycles. The lowest BCUT2D eigenvalue weighted by molar-refractivity contribution is -0.160. The van der Waals surface area contributed by atoms with E-state index in [1.807, 2.05) is 48.5 Å². The Labute approximate surface area is 172 Å². The van der Waals surface area contributed by atoms with Crippen LogP contribution in [0.5, 0.6) is 0 Å². The van der Waals surface area contributed by atoms with Crippen molar-refractivity contribution in [2.75, 3.05) is 6.61 Å². The molecule has 2 atom stereocenters. The van der Waals surface area contributed by atoms with E-state index in [-0.39, 0.29) is 12.5 Å². The van der Waals surface area contributed by atoms with Crippen LogP contribution in [0.25, 0.3) is 11.1 Å². The third-order valence-corrected chi connectivity index (χ3v) is 5.49. The van der Waals surface area contributed by atoms with Crippen LogP contribution in [-0.4, -0.2) is 23.7 Å². The maximum Gasteiger partial charge on any atom is 0.322 e. The normalized spacial score (nSPS) is 14.5. The second-order valence-corrected chi connectivity index (χ2v) is 7.25. The molecule has 3 N–H and O–H groups in total. The number of carbonyl (C=O) groups is 2. The molecular formula is C24H20FNO4. The molecule has 0 amide bonds. The van der Waals surface area contributed by atoms with Crippen molar-refractivity contribution in [3.63, 3.8) is 0 Å². The van der Waals surface area contributed by atoms with Crippen LogP contribution in [0, 0.1) is 11.7 Å². The summed E-state index contributed by atoms with van der Waals surface area (Å²) in [7, 11) is 0. The number of benzene rings is 3. The predicted molar refractivity (Wildman–Crippen MR) is 109 cm³/mol. The first-order chi connectivity index (χ1) is 14.5. The third kappa shape index (κ3) is 3.57. The van der Waals surface area contributed by atoms with Crippen LogP contribution >= 0.6 is 0 Å². The molecule has 30 heavy (non-hydrogen) atoms. The Hall–Kier alpha value is -3.51. The van der Waals surface area contributed by atoms with Gasteiger partial charge in [0.1, 0.15) is 12.4 Å². The first kappa shape index (κ1) is 19.8. The van der Waals surface area contributed by atoms with E-state index < -0.39 is 29.7 Å². The van der Waals surface area contributed by atoms with E-state index in [2.05, 4.69) is 0 Å². The first-order valence-corrected chi connectivity index (χ1v) is 9.56. The number of carbonyl (C=O) groups excluding carboxylic acids is 1. The zero-order valence-corrected chi connectivity index (χ0v) is 16.0. The van der Waals surface area contributed by atoms with Crippen LogP contribution in [-0.2, 0) is 14.3 Å². The SMILES string of the molecule is NC(c1ccc(F)cc1)[C@H](C(=O)O)C(=O)OCC1c2ccccc2-c2ccccc21. The van der Waals surface area contributed by atoms with Gasteiger partial charge in [-0.15, -0.1) is 0 Å². The summed E-state index contributed by atoms with van der Waals surface area (Å²) in [5, 5.41) is 9.58. The van der Waals surface area contributed by atoms with Gasteiger partial charge in [0.2, 0.25) is 0 Å². The molecule has 0 fully saturated rings. The van der Waals surface area contributed by atoms with Crippen molar-refractivity contribution < 1.29 is 23.8 Å². The van der Waals surface area contributed by atoms with Crippen LogP contribution < -0.4 is 5.73 Å². The van der Waals surface area contributed by atoms with Gasteiger partial charge in [0.15, 0.2) is 5.92 Å². The number of ether oxygens (including phenoxy) is 1. The molecule has 5 nitrogen and oxygen atoms in total. The number of carboxylic acid groups (broad SMARTS) is 1. The Kier molecular flexibility index (Phi) is 5.33. The van der Waals surface area contributed by atoms with Crippen LogP contribution in [0.15, 0.2) is 72.8 Å². The van der Waals surface area contributed by atoms with Gasteiger partial charge in [0.25, 0.3) is 0 Å². The molecule has 1 aliphatic rings. The number of aliphatic carboxylic acids is 1. The van der Waals surface area contributed by atoms with Crippen molar-refractivity contribution >= 4 is 11.9 Å². The summed E-state index contributed by atoms with van der Waals surface area (Å²) in [5.74, 6) is -4.55. The summed E-state index contributed by atoms with van der Waals surface area (Å²) in [4.78, 5) is 24.5. The van der Waals surface area contributed by atoms with Crippen molar-refractivity contribution in [2.24, 2.45) is 11.7 Å². The summed E-state index contributed by atoms with van der Waals surface area (Å²) in [6.07, 6.45) is 0. The van der Waals surface area contributed by atoms with Gasteiger partial charge in [0, 0.05) is 5.92 Å². The van der Waals surface area contributed by atoms with Crippen molar-refractivity contribution in [2.45, 2.75) is 12.0 Å². The van der Waals surface area contributed by atoms with Gasteiger partial charge in [-0.3, -0.25) is 9.59 Å². The minimum atomic E-state index is -1.60. The molecule has 3 aromatic rings. The minimum Gasteiger partial charge on any atom is -0.481 e. The van der Waals surface area contributed by atoms with E-state index in [0.717, 1.165) is 22.3 Å². The van der Waals surface area contributed by atoms with Crippen molar-refractivity contribution in [3.8, 4) is 11.1 Å². The lowest BCUT2D eigenvalue weighted by Gasteiger charge is -2.21. The molecule has 0 radical (unpaired) electrons. The second kappa shape index (κ2) is 8.08. The van der Waals surface area contributed by atoms with Crippen molar-refractivity contribution in [3.05, 3.63) is 95.3 Å². The van der Waals surface area contributed by atoms with Gasteiger partial charge in [0.05, 0.1) is 6.04 Å². The Morgan fingerprint density at radius 3 is 2.00 bits per heavy atom. The summed E-state index contributed by atoms with van der Waals surface area (Å²) in [6.45, 7) is 0.00672. The van der Waals surface area contributed by atoms with Gasteiger partial charge < -0.3 is 15.6 Å². The number of rotatable bonds is 6. The maximum atomic E-state index is 13.2. The smallest absolute Gasteiger partial charge is 0.322 e. The minimum absolute atomic E-state index is 0.00672. The van der Waals surface area contributed by atoms with Crippen LogP contribution in [0.1, 0.15) is 28.7 Å². The zero-order valence-electron chi connectivity index (χ0n) is 16.0. The van der Waals surface area contributed by atoms with Crippen LogP contribution in [0.2, 0.25) is 0 Å². The fourth-order valence-electron chi connectivity index (χ4n) is 3.97. The highest BCUT2D eigenvalue weighted by Gasteiger charge is 2.37. The highest BCUT2D eigenvalue weighted by molar-refractivity contribution is 5.95. The van der Waals surface area contributed by atoms with Crippen molar-refractivity contribution in [1.29, 1.82) is 0 Å². The Morgan fingerprint density at radius 1 is 0.933 bits per heavy atom. The topological polar surface area (TPSA) is 89.6 Å². The number of esters is 1. The molecule has 6 heteroatoms. The van der Waals surface area contributed by atoms with E-state index in [1.54, 1.807) is 0 Å². The molecular weight excluding hydrogens is 385 g/mol. The molecule has 1 unspecified atom stereocenters. The summed E-state index contributed by atoms with van der Waals surface area (Å²) in [5.41, 5.74) is 10.6. The first-order valence-electron chi connectivity index (χ1n) is 9.56. The fourth-order valence-corrected chi connectivity index (χ4v) is 3.97. The maximum absolute atomic E-state index is 13.2. The zero-order chi connectivity index (χ0) is 21.3. The molecule has 0 aliphatic heterocycles. The van der Waals surface area contributed by atoms with Gasteiger partial charge in [-0.2, -0.15) is 0 Å². The number of halogens is 1. The van der Waals surface area contributed by atoms with E-state index >= 15 is 0 Å². The monoisotopic (exact) mass is 405 g/mol. The standard InChI is InChI=1S/C24H20FNO4/c25-15-11-9-14(10-12-15)22(26)21(23(27)28)24(29)30-13-20-18-7-3-1-5-16(18)17-6-2-4-8-19(17)20/h1-12,20-22H,13,26H2,(H,27,28)/t21-,22?/m1/s1. The molecule has 152 valence electrons. The van der Waals surface area contributed by atoms with E-state index in [1.165, 1.54) is 24.3 Å². The molecule has 3 aromatic carbocycles. The molecule has 0 saturated carbocycles. The van der Waals surface area contributed by atoms with Crippen molar-refractivity contribution in [1.82, 2.24) is 0 Å². The van der Waals surface area contributed by atoms with E-state index in [0.29, 0.717) is 5.56 Å². The second-order valence-electron chi connectivity index (χ2n) is 7.25. The molecule has 4 rings (SSSR count). The fraction of sp³-hybridized carbons (Fsp3) is 0.167. The van der Waals surface area contributed by atoms with Gasteiger partial charge in [-0.25, -0.2) is 4.39 Å². The highest BCUT2D eigenvalue weighted by atomic mass is 19.1. The van der Waals surface area contributed by atoms with Gasteiger partial charge >= 0.3 is 11.9 Å². The number of fused-ring (bicyclic) bond motifs is 3. The lowest BCUT2D eigenvalue weighted by Crippen LogP contribution is -2.36. The van der Waals surface area contributed by atoms with E-state index in [4.69, 9.17) is 10.5 Å².